The number of hydrogen-bond acceptors (Lipinski definition) is 4. The van der Waals surface area contributed by atoms with E-state index < -0.39 is 0 Å². The van der Waals surface area contributed by atoms with E-state index in [1.807, 2.05) is 6.07 Å². The smallest absolute Gasteiger partial charge is 0.261 e. The van der Waals surface area contributed by atoms with Gasteiger partial charge in [-0.1, -0.05) is 11.8 Å². The van der Waals surface area contributed by atoms with Crippen LogP contribution in [-0.2, 0) is 4.74 Å². The molecule has 1 rings (SSSR count). The third kappa shape index (κ3) is 6.39. The maximum absolute atomic E-state index is 11.8. The number of ether oxygens (including phenoxy) is 1. The second kappa shape index (κ2) is 9.56. The number of carbonyl (C=O) groups excluding carboxylic acids is 1. The predicted molar refractivity (Wildman–Crippen MR) is 76.3 cm³/mol. The molecule has 0 aliphatic carbocycles. The van der Waals surface area contributed by atoms with Crippen LogP contribution in [0.2, 0.25) is 0 Å². The molecular formula is C14H19NO3S. The Labute approximate surface area is 117 Å². The van der Waals surface area contributed by atoms with E-state index in [9.17, 15) is 4.79 Å². The minimum atomic E-state index is -0.0578. The average Bonchev–Trinajstić information content (AvgIpc) is 2.87. The van der Waals surface area contributed by atoms with Gasteiger partial charge in [-0.2, -0.15) is 0 Å². The van der Waals surface area contributed by atoms with Gasteiger partial charge in [0.25, 0.3) is 5.91 Å². The van der Waals surface area contributed by atoms with Gasteiger partial charge in [-0.15, -0.1) is 11.3 Å². The second-order valence-corrected chi connectivity index (χ2v) is 4.98. The fraction of sp³-hybridized carbons (Fsp3) is 0.500. The number of nitrogens with one attached hydrogen (secondary N) is 1. The summed E-state index contributed by atoms with van der Waals surface area (Å²) < 4.78 is 4.94. The van der Waals surface area contributed by atoms with Gasteiger partial charge in [0.2, 0.25) is 0 Å². The van der Waals surface area contributed by atoms with Gasteiger partial charge in [-0.05, 0) is 25.0 Å². The molecule has 0 fully saturated rings. The molecule has 0 bridgehead atoms. The molecule has 0 saturated carbocycles. The maximum Gasteiger partial charge on any atom is 0.261 e. The number of aliphatic hydroxyl groups is 1. The van der Waals surface area contributed by atoms with Crippen LogP contribution in [0.15, 0.2) is 12.1 Å². The van der Waals surface area contributed by atoms with Crippen molar-refractivity contribution in [3.8, 4) is 11.8 Å². The summed E-state index contributed by atoms with van der Waals surface area (Å²) in [5, 5.41) is 11.5. The van der Waals surface area contributed by atoms with Crippen molar-refractivity contribution in [2.24, 2.45) is 0 Å². The minimum absolute atomic E-state index is 0.0578. The first-order valence-electron chi connectivity index (χ1n) is 6.24. The molecule has 0 aromatic carbocycles. The van der Waals surface area contributed by atoms with Crippen LogP contribution in [0.3, 0.4) is 0 Å². The first-order valence-corrected chi connectivity index (χ1v) is 7.06. The van der Waals surface area contributed by atoms with E-state index in [0.29, 0.717) is 17.8 Å². The van der Waals surface area contributed by atoms with Crippen molar-refractivity contribution in [2.45, 2.75) is 19.3 Å². The largest absolute Gasteiger partial charge is 0.395 e. The first kappa shape index (κ1) is 15.7. The maximum atomic E-state index is 11.8. The minimum Gasteiger partial charge on any atom is -0.395 e. The Morgan fingerprint density at radius 2 is 2.32 bits per heavy atom. The summed E-state index contributed by atoms with van der Waals surface area (Å²) in [4.78, 5) is 13.3. The number of aliphatic hydroxyl groups excluding tert-OH is 1. The van der Waals surface area contributed by atoms with E-state index in [0.717, 1.165) is 24.3 Å². The Morgan fingerprint density at radius 1 is 1.47 bits per heavy atom. The Balaban J connectivity index is 2.35. The highest BCUT2D eigenvalue weighted by atomic mass is 32.1. The van der Waals surface area contributed by atoms with Crippen LogP contribution in [0.1, 0.15) is 33.8 Å². The van der Waals surface area contributed by atoms with Gasteiger partial charge < -0.3 is 15.2 Å². The Kier molecular flexibility index (Phi) is 7.91. The van der Waals surface area contributed by atoms with E-state index in [1.54, 1.807) is 13.2 Å². The molecule has 1 heterocycles. The number of amides is 1. The molecule has 19 heavy (non-hydrogen) atoms. The third-order valence-electron chi connectivity index (χ3n) is 2.34. The highest BCUT2D eigenvalue weighted by molar-refractivity contribution is 7.14. The predicted octanol–water partition coefficient (Wildman–Crippen LogP) is 1.64. The summed E-state index contributed by atoms with van der Waals surface area (Å²) in [7, 11) is 1.67. The van der Waals surface area contributed by atoms with Crippen LogP contribution in [0.4, 0.5) is 0 Å². The number of methoxy groups -OCH3 is 1. The molecule has 2 N–H and O–H groups in total. The number of unbranched alkanes of at least 4 members (excludes halogenated alkanes) is 1. The van der Waals surface area contributed by atoms with E-state index in [2.05, 4.69) is 17.2 Å². The Bertz CT molecular complexity index is 445. The highest BCUT2D eigenvalue weighted by Crippen LogP contribution is 2.15. The highest BCUT2D eigenvalue weighted by Gasteiger charge is 2.07. The quantitative estimate of drug-likeness (QED) is 0.590. The molecule has 1 aromatic rings. The lowest BCUT2D eigenvalue weighted by Crippen LogP contribution is -2.23. The molecule has 1 amide bonds. The molecule has 5 heteroatoms. The monoisotopic (exact) mass is 281 g/mol. The van der Waals surface area contributed by atoms with Crippen molar-refractivity contribution in [1.82, 2.24) is 5.32 Å². The lowest BCUT2D eigenvalue weighted by Gasteiger charge is -2.02. The van der Waals surface area contributed by atoms with E-state index in [4.69, 9.17) is 9.84 Å². The van der Waals surface area contributed by atoms with Gasteiger partial charge in [0.05, 0.1) is 16.4 Å². The molecule has 0 aliphatic rings. The number of carbonyl (C=O) groups is 1. The molecular weight excluding hydrogens is 262 g/mol. The molecule has 0 atom stereocenters. The lowest BCUT2D eigenvalue weighted by atomic mass is 10.3. The second-order valence-electron chi connectivity index (χ2n) is 3.90. The van der Waals surface area contributed by atoms with Crippen molar-refractivity contribution in [3.63, 3.8) is 0 Å². The molecule has 4 nitrogen and oxygen atoms in total. The Hall–Kier alpha value is -1.35. The van der Waals surface area contributed by atoms with Crippen LogP contribution in [0.5, 0.6) is 0 Å². The van der Waals surface area contributed by atoms with Crippen LogP contribution >= 0.6 is 11.3 Å². The standard InChI is InChI=1S/C14H19NO3S/c1-18-11-5-3-9-15-14(17)13-8-7-12(19-13)6-2-4-10-16/h7-8,16H,3-5,9-11H2,1H3,(H,15,17). The Morgan fingerprint density at radius 3 is 3.05 bits per heavy atom. The van der Waals surface area contributed by atoms with Crippen LogP contribution < -0.4 is 5.32 Å². The topological polar surface area (TPSA) is 58.6 Å². The molecule has 0 aliphatic heterocycles. The van der Waals surface area contributed by atoms with Gasteiger partial charge in [0.15, 0.2) is 0 Å². The molecule has 0 spiro atoms. The molecule has 104 valence electrons. The molecule has 0 radical (unpaired) electrons. The van der Waals surface area contributed by atoms with Gasteiger partial charge in [-0.25, -0.2) is 0 Å². The number of thiophene rings is 1. The normalized spacial score (nSPS) is 9.79. The van der Waals surface area contributed by atoms with Crippen LogP contribution in [0, 0.1) is 11.8 Å². The summed E-state index contributed by atoms with van der Waals surface area (Å²) in [6, 6.07) is 3.60. The van der Waals surface area contributed by atoms with Crippen molar-refractivity contribution >= 4 is 17.2 Å². The zero-order chi connectivity index (χ0) is 13.9. The third-order valence-corrected chi connectivity index (χ3v) is 3.34. The summed E-state index contributed by atoms with van der Waals surface area (Å²) >= 11 is 1.37. The van der Waals surface area contributed by atoms with E-state index >= 15 is 0 Å². The number of rotatable bonds is 7. The van der Waals surface area contributed by atoms with E-state index in [-0.39, 0.29) is 12.5 Å². The SMILES string of the molecule is COCCCCNC(=O)c1ccc(C#CCCO)s1. The van der Waals surface area contributed by atoms with E-state index in [1.165, 1.54) is 11.3 Å². The zero-order valence-electron chi connectivity index (χ0n) is 11.1. The molecule has 1 aromatic heterocycles. The molecule has 0 saturated heterocycles. The van der Waals surface area contributed by atoms with Crippen LogP contribution in [0.25, 0.3) is 0 Å². The van der Waals surface area contributed by atoms with Crippen LogP contribution in [-0.4, -0.2) is 37.9 Å². The van der Waals surface area contributed by atoms with Crippen molar-refractivity contribution in [1.29, 1.82) is 0 Å². The summed E-state index contributed by atoms with van der Waals surface area (Å²) in [5.41, 5.74) is 0. The van der Waals surface area contributed by atoms with Crippen molar-refractivity contribution in [2.75, 3.05) is 26.9 Å². The van der Waals surface area contributed by atoms with Crippen molar-refractivity contribution in [3.05, 3.63) is 21.9 Å². The summed E-state index contributed by atoms with van der Waals surface area (Å²) in [5.74, 6) is 5.69. The van der Waals surface area contributed by atoms with Gasteiger partial charge in [0, 0.05) is 26.7 Å². The fourth-order valence-electron chi connectivity index (χ4n) is 1.39. The van der Waals surface area contributed by atoms with Crippen molar-refractivity contribution < 1.29 is 14.6 Å². The van der Waals surface area contributed by atoms with Gasteiger partial charge in [0.1, 0.15) is 0 Å². The molecule has 0 unspecified atom stereocenters. The summed E-state index contributed by atoms with van der Waals surface area (Å²) in [6.07, 6.45) is 2.31. The van der Waals surface area contributed by atoms with Gasteiger partial charge in [-0.3, -0.25) is 4.79 Å². The average molecular weight is 281 g/mol. The lowest BCUT2D eigenvalue weighted by molar-refractivity contribution is 0.0955. The first-order chi connectivity index (χ1) is 9.27. The fourth-order valence-corrected chi connectivity index (χ4v) is 2.19. The number of hydrogen-bond donors (Lipinski definition) is 2. The summed E-state index contributed by atoms with van der Waals surface area (Å²) in [6.45, 7) is 1.44. The van der Waals surface area contributed by atoms with Gasteiger partial charge >= 0.3 is 0 Å². The zero-order valence-corrected chi connectivity index (χ0v) is 11.9.